The summed E-state index contributed by atoms with van der Waals surface area (Å²) < 4.78 is 0. The highest BCUT2D eigenvalue weighted by atomic mass is 16.4. The molecule has 4 N–H and O–H groups in total. The fourth-order valence-electron chi connectivity index (χ4n) is 1.58. The van der Waals surface area contributed by atoms with Crippen molar-refractivity contribution in [2.24, 2.45) is 0 Å². The molecular formula is C11H11NO4. The number of carboxylic acid groups (broad SMARTS) is 1. The maximum absolute atomic E-state index is 10.5. The summed E-state index contributed by atoms with van der Waals surface area (Å²) in [4.78, 5) is 13.4. The van der Waals surface area contributed by atoms with Crippen LogP contribution in [0.1, 0.15) is 5.69 Å². The first kappa shape index (κ1) is 10.5. The molecule has 0 aliphatic rings. The number of phenols is 1. The van der Waals surface area contributed by atoms with Crippen molar-refractivity contribution in [3.63, 3.8) is 0 Å². The lowest BCUT2D eigenvalue weighted by Gasteiger charge is -2.01. The van der Waals surface area contributed by atoms with E-state index in [2.05, 4.69) is 4.98 Å². The second-order valence-electron chi connectivity index (χ2n) is 3.62. The zero-order valence-electron chi connectivity index (χ0n) is 8.34. The molecule has 84 valence electrons. The number of hydrogen-bond acceptors (Lipinski definition) is 3. The van der Waals surface area contributed by atoms with Crippen molar-refractivity contribution in [2.45, 2.75) is 12.5 Å². The smallest absolute Gasteiger partial charge is 0.332 e. The van der Waals surface area contributed by atoms with E-state index in [1.807, 2.05) is 0 Å². The molecule has 1 unspecified atom stereocenters. The molecule has 1 atom stereocenters. The van der Waals surface area contributed by atoms with E-state index in [0.29, 0.717) is 11.2 Å². The van der Waals surface area contributed by atoms with Crippen LogP contribution >= 0.6 is 0 Å². The topological polar surface area (TPSA) is 93.6 Å². The lowest BCUT2D eigenvalue weighted by atomic mass is 10.2. The van der Waals surface area contributed by atoms with E-state index in [0.717, 1.165) is 5.39 Å². The van der Waals surface area contributed by atoms with Gasteiger partial charge in [0.1, 0.15) is 5.75 Å². The normalized spacial score (nSPS) is 12.8. The molecule has 0 saturated carbocycles. The third kappa shape index (κ3) is 1.99. The number of aliphatic hydroxyl groups excluding tert-OH is 1. The van der Waals surface area contributed by atoms with E-state index in [1.54, 1.807) is 24.3 Å². The van der Waals surface area contributed by atoms with Gasteiger partial charge in [-0.05, 0) is 23.6 Å². The van der Waals surface area contributed by atoms with Gasteiger partial charge in [0.25, 0.3) is 0 Å². The van der Waals surface area contributed by atoms with Crippen LogP contribution in [0.3, 0.4) is 0 Å². The summed E-state index contributed by atoms with van der Waals surface area (Å²) >= 11 is 0. The number of H-pyrrole nitrogens is 1. The molecular weight excluding hydrogens is 210 g/mol. The van der Waals surface area contributed by atoms with Crippen molar-refractivity contribution in [1.82, 2.24) is 4.98 Å². The van der Waals surface area contributed by atoms with Gasteiger partial charge in [-0.15, -0.1) is 0 Å². The number of phenolic OH excluding ortho intramolecular Hbond substituents is 1. The fraction of sp³-hybridized carbons (Fsp3) is 0.182. The molecule has 16 heavy (non-hydrogen) atoms. The second-order valence-corrected chi connectivity index (χ2v) is 3.62. The Morgan fingerprint density at radius 1 is 1.38 bits per heavy atom. The molecule has 1 aromatic heterocycles. The summed E-state index contributed by atoms with van der Waals surface area (Å²) in [5, 5.41) is 27.9. The average molecular weight is 221 g/mol. The predicted molar refractivity (Wildman–Crippen MR) is 57.3 cm³/mol. The van der Waals surface area contributed by atoms with Gasteiger partial charge in [0.05, 0.1) is 0 Å². The summed E-state index contributed by atoms with van der Waals surface area (Å²) in [6.07, 6.45) is -1.40. The number of rotatable bonds is 3. The van der Waals surface area contributed by atoms with Crippen molar-refractivity contribution < 1.29 is 20.1 Å². The van der Waals surface area contributed by atoms with E-state index >= 15 is 0 Å². The van der Waals surface area contributed by atoms with Crippen molar-refractivity contribution in [3.8, 4) is 5.75 Å². The van der Waals surface area contributed by atoms with Crippen molar-refractivity contribution in [1.29, 1.82) is 0 Å². The number of fused-ring (bicyclic) bond motifs is 1. The minimum atomic E-state index is -1.42. The summed E-state index contributed by atoms with van der Waals surface area (Å²) in [5.41, 5.74) is 1.34. The van der Waals surface area contributed by atoms with Gasteiger partial charge in [-0.1, -0.05) is 0 Å². The van der Waals surface area contributed by atoms with Crippen LogP contribution in [0.2, 0.25) is 0 Å². The summed E-state index contributed by atoms with van der Waals surface area (Å²) in [5.74, 6) is -1.11. The Morgan fingerprint density at radius 2 is 2.12 bits per heavy atom. The summed E-state index contributed by atoms with van der Waals surface area (Å²) in [6.45, 7) is 0. The number of aliphatic carboxylic acids is 1. The van der Waals surface area contributed by atoms with Crippen LogP contribution in [0.15, 0.2) is 24.3 Å². The molecule has 0 radical (unpaired) electrons. The zero-order chi connectivity index (χ0) is 11.7. The number of carboxylic acids is 1. The van der Waals surface area contributed by atoms with Crippen molar-refractivity contribution in [3.05, 3.63) is 30.0 Å². The van der Waals surface area contributed by atoms with Gasteiger partial charge in [0, 0.05) is 23.7 Å². The van der Waals surface area contributed by atoms with Gasteiger partial charge in [-0.25, -0.2) is 4.79 Å². The monoisotopic (exact) mass is 221 g/mol. The third-order valence-corrected chi connectivity index (χ3v) is 2.36. The summed E-state index contributed by atoms with van der Waals surface area (Å²) in [7, 11) is 0. The highest BCUT2D eigenvalue weighted by Gasteiger charge is 2.14. The number of aliphatic hydroxyl groups is 1. The first-order valence-corrected chi connectivity index (χ1v) is 4.78. The van der Waals surface area contributed by atoms with Crippen LogP contribution in [0.5, 0.6) is 5.75 Å². The van der Waals surface area contributed by atoms with Crippen LogP contribution in [-0.4, -0.2) is 32.4 Å². The van der Waals surface area contributed by atoms with E-state index in [4.69, 9.17) is 5.11 Å². The van der Waals surface area contributed by atoms with E-state index in [-0.39, 0.29) is 12.2 Å². The highest BCUT2D eigenvalue weighted by Crippen LogP contribution is 2.20. The molecule has 0 fully saturated rings. The van der Waals surface area contributed by atoms with E-state index in [9.17, 15) is 15.0 Å². The Morgan fingerprint density at radius 3 is 2.81 bits per heavy atom. The average Bonchev–Trinajstić information content (AvgIpc) is 2.58. The minimum absolute atomic E-state index is 0.0186. The largest absolute Gasteiger partial charge is 0.508 e. The van der Waals surface area contributed by atoms with Crippen LogP contribution in [0.4, 0.5) is 0 Å². The van der Waals surface area contributed by atoms with Crippen LogP contribution < -0.4 is 0 Å². The van der Waals surface area contributed by atoms with Gasteiger partial charge in [-0.3, -0.25) is 0 Å². The molecule has 1 aromatic carbocycles. The maximum Gasteiger partial charge on any atom is 0.332 e. The minimum Gasteiger partial charge on any atom is -0.508 e. The number of aromatic nitrogens is 1. The molecule has 0 amide bonds. The maximum atomic E-state index is 10.5. The molecule has 0 aliphatic carbocycles. The molecule has 0 spiro atoms. The zero-order valence-corrected chi connectivity index (χ0v) is 8.34. The van der Waals surface area contributed by atoms with Gasteiger partial charge in [0.2, 0.25) is 0 Å². The number of nitrogens with one attached hydrogen (secondary N) is 1. The number of aromatic hydroxyl groups is 1. The first-order valence-electron chi connectivity index (χ1n) is 4.78. The Hall–Kier alpha value is -2.01. The van der Waals surface area contributed by atoms with Gasteiger partial charge >= 0.3 is 5.97 Å². The predicted octanol–water partition coefficient (Wildman–Crippen LogP) is 0.861. The van der Waals surface area contributed by atoms with Crippen LogP contribution in [-0.2, 0) is 11.2 Å². The number of benzene rings is 1. The molecule has 0 bridgehead atoms. The molecule has 5 nitrogen and oxygen atoms in total. The lowest BCUT2D eigenvalue weighted by Crippen LogP contribution is -2.22. The summed E-state index contributed by atoms with van der Waals surface area (Å²) in [6, 6.07) is 6.57. The lowest BCUT2D eigenvalue weighted by molar-refractivity contribution is -0.146. The Labute approximate surface area is 91.0 Å². The Kier molecular flexibility index (Phi) is 2.54. The van der Waals surface area contributed by atoms with E-state index in [1.165, 1.54) is 0 Å². The van der Waals surface area contributed by atoms with Crippen LogP contribution in [0, 0.1) is 0 Å². The van der Waals surface area contributed by atoms with Gasteiger partial charge < -0.3 is 20.3 Å². The number of carbonyl (C=O) groups is 1. The number of aromatic amines is 1. The fourth-order valence-corrected chi connectivity index (χ4v) is 1.58. The van der Waals surface area contributed by atoms with Crippen molar-refractivity contribution >= 4 is 16.9 Å². The number of hydrogen-bond donors (Lipinski definition) is 4. The molecule has 2 aromatic rings. The molecule has 5 heteroatoms. The van der Waals surface area contributed by atoms with Gasteiger partial charge in [-0.2, -0.15) is 0 Å². The standard InChI is InChI=1S/C11H11NO4/c13-8-2-1-6-3-7(12-9(6)5-8)4-10(14)11(15)16/h1-3,5,10,12-14H,4H2,(H,15,16). The van der Waals surface area contributed by atoms with Crippen molar-refractivity contribution in [2.75, 3.05) is 0 Å². The Balaban J connectivity index is 2.29. The quantitative estimate of drug-likeness (QED) is 0.618. The second kappa shape index (κ2) is 3.86. The third-order valence-electron chi connectivity index (χ3n) is 2.36. The van der Waals surface area contributed by atoms with Crippen LogP contribution in [0.25, 0.3) is 10.9 Å². The highest BCUT2D eigenvalue weighted by molar-refractivity contribution is 5.82. The molecule has 0 saturated heterocycles. The van der Waals surface area contributed by atoms with E-state index < -0.39 is 12.1 Å². The molecule has 0 aliphatic heterocycles. The first-order chi connectivity index (χ1) is 7.56. The molecule has 1 heterocycles. The Bertz CT molecular complexity index is 532. The SMILES string of the molecule is O=C(O)C(O)Cc1cc2ccc(O)cc2[nH]1. The molecule has 2 rings (SSSR count). The van der Waals surface area contributed by atoms with Gasteiger partial charge in [0.15, 0.2) is 6.10 Å².